The standard InChI is InChI=1S/C15H22FNS/c1-15(2)9-14(10-18-11-15)17-7-6-12-4-3-5-13(16)8-12/h3-5,8,14,17H,6-7,9-11H2,1-2H3. The van der Waals surface area contributed by atoms with E-state index in [9.17, 15) is 4.39 Å². The van der Waals surface area contributed by atoms with Gasteiger partial charge in [-0.25, -0.2) is 4.39 Å². The Hall–Kier alpha value is -0.540. The van der Waals surface area contributed by atoms with Gasteiger partial charge < -0.3 is 5.32 Å². The highest BCUT2D eigenvalue weighted by atomic mass is 32.2. The Bertz CT molecular complexity index is 392. The minimum absolute atomic E-state index is 0.137. The summed E-state index contributed by atoms with van der Waals surface area (Å²) in [5.41, 5.74) is 1.52. The van der Waals surface area contributed by atoms with Crippen molar-refractivity contribution in [3.05, 3.63) is 35.6 Å². The van der Waals surface area contributed by atoms with Gasteiger partial charge in [0.1, 0.15) is 5.82 Å². The first-order valence-corrected chi connectivity index (χ1v) is 7.76. The van der Waals surface area contributed by atoms with Gasteiger partial charge in [-0.1, -0.05) is 26.0 Å². The number of hydrogen-bond donors (Lipinski definition) is 1. The highest BCUT2D eigenvalue weighted by molar-refractivity contribution is 7.99. The molecule has 0 spiro atoms. The van der Waals surface area contributed by atoms with Gasteiger partial charge in [0, 0.05) is 11.8 Å². The SMILES string of the molecule is CC1(C)CSCC(NCCc2cccc(F)c2)C1. The van der Waals surface area contributed by atoms with Crippen molar-refractivity contribution in [1.82, 2.24) is 5.32 Å². The predicted molar refractivity (Wildman–Crippen MR) is 77.6 cm³/mol. The molecule has 1 aromatic rings. The van der Waals surface area contributed by atoms with Gasteiger partial charge in [0.2, 0.25) is 0 Å². The summed E-state index contributed by atoms with van der Waals surface area (Å²) in [6.07, 6.45) is 2.14. The summed E-state index contributed by atoms with van der Waals surface area (Å²) in [6, 6.07) is 7.50. The zero-order valence-corrected chi connectivity index (χ0v) is 12.0. The normalized spacial score (nSPS) is 22.9. The molecule has 1 N–H and O–H groups in total. The van der Waals surface area contributed by atoms with Crippen molar-refractivity contribution < 1.29 is 4.39 Å². The number of thioether (sulfide) groups is 1. The molecule has 1 unspecified atom stereocenters. The molecule has 1 heterocycles. The third kappa shape index (κ3) is 4.29. The first-order chi connectivity index (χ1) is 8.55. The number of rotatable bonds is 4. The van der Waals surface area contributed by atoms with Gasteiger partial charge in [0.05, 0.1) is 0 Å². The highest BCUT2D eigenvalue weighted by Crippen LogP contribution is 2.33. The zero-order chi connectivity index (χ0) is 13.0. The lowest BCUT2D eigenvalue weighted by Gasteiger charge is -2.35. The molecule has 0 aromatic heterocycles. The van der Waals surface area contributed by atoms with Crippen LogP contribution in [0.2, 0.25) is 0 Å². The van der Waals surface area contributed by atoms with Gasteiger partial charge in [0.15, 0.2) is 0 Å². The van der Waals surface area contributed by atoms with E-state index in [4.69, 9.17) is 0 Å². The fourth-order valence-electron chi connectivity index (χ4n) is 2.51. The van der Waals surface area contributed by atoms with Crippen molar-refractivity contribution in [3.63, 3.8) is 0 Å². The second-order valence-electron chi connectivity index (χ2n) is 5.91. The number of halogens is 1. The highest BCUT2D eigenvalue weighted by Gasteiger charge is 2.27. The number of hydrogen-bond acceptors (Lipinski definition) is 2. The minimum atomic E-state index is -0.137. The van der Waals surface area contributed by atoms with Crippen LogP contribution in [0.25, 0.3) is 0 Å². The van der Waals surface area contributed by atoms with E-state index in [2.05, 4.69) is 19.2 Å². The molecule has 0 saturated carbocycles. The van der Waals surface area contributed by atoms with E-state index < -0.39 is 0 Å². The van der Waals surface area contributed by atoms with Crippen LogP contribution < -0.4 is 5.32 Å². The molecule has 1 atom stereocenters. The second-order valence-corrected chi connectivity index (χ2v) is 6.94. The molecular weight excluding hydrogens is 245 g/mol. The quantitative estimate of drug-likeness (QED) is 0.896. The summed E-state index contributed by atoms with van der Waals surface area (Å²) in [5.74, 6) is 2.32. The molecule has 1 aliphatic rings. The molecule has 1 aromatic carbocycles. The van der Waals surface area contributed by atoms with Gasteiger partial charge in [-0.3, -0.25) is 0 Å². The third-order valence-corrected chi connectivity index (χ3v) is 4.97. The second kappa shape index (κ2) is 6.07. The lowest BCUT2D eigenvalue weighted by atomic mass is 9.88. The maximum atomic E-state index is 13.0. The molecule has 18 heavy (non-hydrogen) atoms. The molecule has 0 aliphatic carbocycles. The zero-order valence-electron chi connectivity index (χ0n) is 11.2. The molecular formula is C15H22FNS. The van der Waals surface area contributed by atoms with Crippen LogP contribution >= 0.6 is 11.8 Å². The smallest absolute Gasteiger partial charge is 0.123 e. The van der Waals surface area contributed by atoms with Crippen LogP contribution in [-0.4, -0.2) is 24.1 Å². The van der Waals surface area contributed by atoms with Crippen molar-refractivity contribution in [1.29, 1.82) is 0 Å². The fourth-order valence-corrected chi connectivity index (χ4v) is 3.82. The lowest BCUT2D eigenvalue weighted by Crippen LogP contribution is -2.41. The van der Waals surface area contributed by atoms with Gasteiger partial charge >= 0.3 is 0 Å². The predicted octanol–water partition coefficient (Wildman–Crippen LogP) is 3.49. The van der Waals surface area contributed by atoms with Crippen LogP contribution in [0, 0.1) is 11.2 Å². The van der Waals surface area contributed by atoms with E-state index in [1.54, 1.807) is 12.1 Å². The van der Waals surface area contributed by atoms with Crippen molar-refractivity contribution in [2.45, 2.75) is 32.7 Å². The molecule has 1 saturated heterocycles. The van der Waals surface area contributed by atoms with Gasteiger partial charge in [0.25, 0.3) is 0 Å². The lowest BCUT2D eigenvalue weighted by molar-refractivity contribution is 0.319. The topological polar surface area (TPSA) is 12.0 Å². The maximum Gasteiger partial charge on any atom is 0.123 e. The molecule has 0 amide bonds. The minimum Gasteiger partial charge on any atom is -0.313 e. The molecule has 0 radical (unpaired) electrons. The summed E-state index contributed by atoms with van der Waals surface area (Å²) in [6.45, 7) is 5.60. The molecule has 0 bridgehead atoms. The molecule has 1 nitrogen and oxygen atoms in total. The van der Waals surface area contributed by atoms with E-state index in [-0.39, 0.29) is 5.82 Å². The monoisotopic (exact) mass is 267 g/mol. The Labute approximate surface area is 114 Å². The van der Waals surface area contributed by atoms with Crippen LogP contribution in [0.3, 0.4) is 0 Å². The van der Waals surface area contributed by atoms with E-state index in [1.807, 2.05) is 17.8 Å². The van der Waals surface area contributed by atoms with E-state index in [1.165, 1.54) is 24.0 Å². The Morgan fingerprint density at radius 1 is 1.44 bits per heavy atom. The Kier molecular flexibility index (Phi) is 4.68. The summed E-state index contributed by atoms with van der Waals surface area (Å²) >= 11 is 2.04. The van der Waals surface area contributed by atoms with E-state index in [0.717, 1.165) is 18.5 Å². The summed E-state index contributed by atoms with van der Waals surface area (Å²) in [4.78, 5) is 0. The van der Waals surface area contributed by atoms with Gasteiger partial charge in [-0.15, -0.1) is 0 Å². The van der Waals surface area contributed by atoms with Crippen molar-refractivity contribution in [2.24, 2.45) is 5.41 Å². The molecule has 2 rings (SSSR count). The van der Waals surface area contributed by atoms with Crippen LogP contribution in [0.15, 0.2) is 24.3 Å². The van der Waals surface area contributed by atoms with Crippen molar-refractivity contribution >= 4 is 11.8 Å². The van der Waals surface area contributed by atoms with Crippen molar-refractivity contribution in [2.75, 3.05) is 18.1 Å². The number of nitrogens with one attached hydrogen (secondary N) is 1. The Balaban J connectivity index is 1.75. The summed E-state index contributed by atoms with van der Waals surface area (Å²) in [7, 11) is 0. The van der Waals surface area contributed by atoms with E-state index in [0.29, 0.717) is 11.5 Å². The van der Waals surface area contributed by atoms with Gasteiger partial charge in [-0.2, -0.15) is 11.8 Å². The van der Waals surface area contributed by atoms with Crippen LogP contribution in [0.4, 0.5) is 4.39 Å². The third-order valence-electron chi connectivity index (χ3n) is 3.35. The summed E-state index contributed by atoms with van der Waals surface area (Å²) < 4.78 is 13.0. The molecule has 3 heteroatoms. The van der Waals surface area contributed by atoms with Crippen LogP contribution in [0.5, 0.6) is 0 Å². The molecule has 100 valence electrons. The Morgan fingerprint density at radius 3 is 3.00 bits per heavy atom. The van der Waals surface area contributed by atoms with E-state index >= 15 is 0 Å². The van der Waals surface area contributed by atoms with Crippen LogP contribution in [0.1, 0.15) is 25.8 Å². The largest absolute Gasteiger partial charge is 0.313 e. The average Bonchev–Trinajstić information content (AvgIpc) is 2.28. The number of benzene rings is 1. The maximum absolute atomic E-state index is 13.0. The summed E-state index contributed by atoms with van der Waals surface area (Å²) in [5, 5.41) is 3.60. The Morgan fingerprint density at radius 2 is 2.28 bits per heavy atom. The fraction of sp³-hybridized carbons (Fsp3) is 0.600. The molecule has 1 fully saturated rings. The first kappa shape index (κ1) is 13.9. The van der Waals surface area contributed by atoms with Gasteiger partial charge in [-0.05, 0) is 48.3 Å². The van der Waals surface area contributed by atoms with Crippen molar-refractivity contribution in [3.8, 4) is 0 Å². The average molecular weight is 267 g/mol. The molecule has 1 aliphatic heterocycles. The van der Waals surface area contributed by atoms with Crippen LogP contribution in [-0.2, 0) is 6.42 Å². The first-order valence-electron chi connectivity index (χ1n) is 6.61.